The van der Waals surface area contributed by atoms with Gasteiger partial charge in [-0.15, -0.1) is 24.0 Å². The topological polar surface area (TPSA) is 60.4 Å². The summed E-state index contributed by atoms with van der Waals surface area (Å²) in [5.74, 6) is 1.13. The quantitative estimate of drug-likeness (QED) is 0.335. The number of likely N-dealkylation sites (tertiary alicyclic amines) is 1. The molecule has 1 atom stereocenters. The lowest BCUT2D eigenvalue weighted by molar-refractivity contribution is -0.135. The maximum absolute atomic E-state index is 12.6. The van der Waals surface area contributed by atoms with E-state index in [1.54, 1.807) is 19.2 Å². The van der Waals surface area contributed by atoms with Gasteiger partial charge in [0.1, 0.15) is 5.75 Å². The van der Waals surface area contributed by atoms with Crippen molar-refractivity contribution in [1.82, 2.24) is 20.0 Å². The molecule has 10 heteroatoms. The number of rotatable bonds is 6. The van der Waals surface area contributed by atoms with Crippen LogP contribution in [0.1, 0.15) is 25.3 Å². The lowest BCUT2D eigenvalue weighted by Crippen LogP contribution is -2.57. The molecule has 1 aromatic rings. The Morgan fingerprint density at radius 2 is 1.81 bits per heavy atom. The number of hydrogen-bond donors (Lipinski definition) is 1. The summed E-state index contributed by atoms with van der Waals surface area (Å²) in [4.78, 5) is 23.4. The number of alkyl halides is 2. The van der Waals surface area contributed by atoms with E-state index in [9.17, 15) is 13.6 Å². The van der Waals surface area contributed by atoms with Gasteiger partial charge >= 0.3 is 6.61 Å². The van der Waals surface area contributed by atoms with E-state index >= 15 is 0 Å². The molecule has 1 amide bonds. The Labute approximate surface area is 199 Å². The molecule has 1 unspecified atom stereocenters. The highest BCUT2D eigenvalue weighted by molar-refractivity contribution is 14.0. The molecular formula is C21H32F2IN5O2. The summed E-state index contributed by atoms with van der Waals surface area (Å²) in [6.45, 7) is 4.49. The predicted molar refractivity (Wildman–Crippen MR) is 127 cm³/mol. The molecule has 7 nitrogen and oxygen atoms in total. The molecule has 0 aliphatic carbocycles. The fraction of sp³-hybridized carbons (Fsp3) is 0.619. The van der Waals surface area contributed by atoms with Crippen molar-refractivity contribution >= 4 is 35.8 Å². The van der Waals surface area contributed by atoms with Crippen LogP contribution in [0, 0.1) is 0 Å². The van der Waals surface area contributed by atoms with Crippen LogP contribution in [0.4, 0.5) is 8.78 Å². The largest absolute Gasteiger partial charge is 0.435 e. The summed E-state index contributed by atoms with van der Waals surface area (Å²) in [5.41, 5.74) is 0.831. The first-order valence-electron chi connectivity index (χ1n) is 10.5. The van der Waals surface area contributed by atoms with Crippen LogP contribution >= 0.6 is 24.0 Å². The number of aliphatic imine (C=N–C) groups is 1. The summed E-state index contributed by atoms with van der Waals surface area (Å²) in [7, 11) is 1.73. The number of ether oxygens (including phenoxy) is 1. The van der Waals surface area contributed by atoms with E-state index in [0.29, 0.717) is 6.54 Å². The van der Waals surface area contributed by atoms with Crippen molar-refractivity contribution in [3.63, 3.8) is 0 Å². The fourth-order valence-electron chi connectivity index (χ4n) is 4.02. The molecule has 0 bridgehead atoms. The van der Waals surface area contributed by atoms with E-state index in [0.717, 1.165) is 63.6 Å². The Hall–Kier alpha value is -1.69. The maximum atomic E-state index is 12.6. The van der Waals surface area contributed by atoms with Crippen LogP contribution in [0.15, 0.2) is 29.3 Å². The molecule has 2 fully saturated rings. The number of guanidine groups is 1. The highest BCUT2D eigenvalue weighted by Crippen LogP contribution is 2.16. The number of halogens is 3. The van der Waals surface area contributed by atoms with Crippen LogP contribution in [0.5, 0.6) is 5.75 Å². The molecule has 2 heterocycles. The molecule has 0 saturated carbocycles. The number of nitrogens with zero attached hydrogens (tertiary/aromatic N) is 4. The standard InChI is InChI=1S/C21H31F2N5O2.HI/c1-16(19(29)27-8-3-4-9-27)26-10-12-28(13-11-26)21(24-2)25-15-17-6-5-7-18(14-17)30-20(22)23;/h5-7,14,16,20H,3-4,8-13,15H2,1-2H3,(H,24,25);1H. The van der Waals surface area contributed by atoms with E-state index < -0.39 is 6.61 Å². The Morgan fingerprint density at radius 1 is 1.13 bits per heavy atom. The molecule has 0 spiro atoms. The molecule has 3 rings (SSSR count). The number of piperazine rings is 1. The molecular weight excluding hydrogens is 519 g/mol. The van der Waals surface area contributed by atoms with Gasteiger partial charge in [0.25, 0.3) is 0 Å². The third-order valence-corrected chi connectivity index (χ3v) is 5.72. The van der Waals surface area contributed by atoms with E-state index in [2.05, 4.69) is 24.8 Å². The average molecular weight is 551 g/mol. The van der Waals surface area contributed by atoms with Crippen LogP contribution in [0.3, 0.4) is 0 Å². The monoisotopic (exact) mass is 551 g/mol. The first-order valence-corrected chi connectivity index (χ1v) is 10.5. The number of carbonyl (C=O) groups is 1. The van der Waals surface area contributed by atoms with Crippen molar-refractivity contribution in [1.29, 1.82) is 0 Å². The van der Waals surface area contributed by atoms with Crippen molar-refractivity contribution in [2.45, 2.75) is 39.0 Å². The Kier molecular flexibility index (Phi) is 10.2. The van der Waals surface area contributed by atoms with Gasteiger partial charge in [0.15, 0.2) is 5.96 Å². The molecule has 31 heavy (non-hydrogen) atoms. The second kappa shape index (κ2) is 12.4. The Bertz CT molecular complexity index is 738. The summed E-state index contributed by atoms with van der Waals surface area (Å²) in [6.07, 6.45) is 2.21. The second-order valence-electron chi connectivity index (χ2n) is 7.66. The summed E-state index contributed by atoms with van der Waals surface area (Å²) < 4.78 is 29.3. The minimum atomic E-state index is -2.84. The van der Waals surface area contributed by atoms with Crippen molar-refractivity contribution < 1.29 is 18.3 Å². The van der Waals surface area contributed by atoms with E-state index in [4.69, 9.17) is 0 Å². The van der Waals surface area contributed by atoms with Gasteiger partial charge in [-0.1, -0.05) is 12.1 Å². The number of amides is 1. The smallest absolute Gasteiger partial charge is 0.387 e. The summed E-state index contributed by atoms with van der Waals surface area (Å²) in [5, 5.41) is 3.29. The first kappa shape index (κ1) is 25.6. The number of nitrogens with one attached hydrogen (secondary N) is 1. The Balaban J connectivity index is 0.00000341. The minimum absolute atomic E-state index is 0. The third kappa shape index (κ3) is 7.16. The molecule has 2 aliphatic rings. The van der Waals surface area contributed by atoms with Crippen LogP contribution < -0.4 is 10.1 Å². The van der Waals surface area contributed by atoms with Gasteiger partial charge in [-0.25, -0.2) is 0 Å². The van der Waals surface area contributed by atoms with Gasteiger partial charge in [0, 0.05) is 52.9 Å². The normalized spacial score (nSPS) is 18.7. The van der Waals surface area contributed by atoms with Gasteiger partial charge < -0.3 is 19.9 Å². The van der Waals surface area contributed by atoms with Gasteiger partial charge in [0.05, 0.1) is 6.04 Å². The molecule has 0 aromatic heterocycles. The number of benzene rings is 1. The highest BCUT2D eigenvalue weighted by atomic mass is 127. The average Bonchev–Trinajstić information content (AvgIpc) is 3.28. The van der Waals surface area contributed by atoms with Gasteiger partial charge in [-0.05, 0) is 37.5 Å². The number of carbonyl (C=O) groups excluding carboxylic acids is 1. The zero-order valence-corrected chi connectivity index (χ0v) is 20.4. The van der Waals surface area contributed by atoms with E-state index in [1.807, 2.05) is 17.9 Å². The zero-order chi connectivity index (χ0) is 21.5. The van der Waals surface area contributed by atoms with E-state index in [-0.39, 0.29) is 41.7 Å². The number of hydrogen-bond acceptors (Lipinski definition) is 4. The third-order valence-electron chi connectivity index (χ3n) is 5.72. The maximum Gasteiger partial charge on any atom is 0.387 e. The second-order valence-corrected chi connectivity index (χ2v) is 7.66. The van der Waals surface area contributed by atoms with Crippen molar-refractivity contribution in [2.24, 2.45) is 4.99 Å². The van der Waals surface area contributed by atoms with Gasteiger partial charge in [-0.2, -0.15) is 8.78 Å². The summed E-state index contributed by atoms with van der Waals surface area (Å²) in [6, 6.07) is 6.54. The van der Waals surface area contributed by atoms with E-state index in [1.165, 1.54) is 6.07 Å². The van der Waals surface area contributed by atoms with Crippen LogP contribution in [0.25, 0.3) is 0 Å². The van der Waals surface area contributed by atoms with Crippen LogP contribution in [0.2, 0.25) is 0 Å². The Morgan fingerprint density at radius 3 is 2.42 bits per heavy atom. The molecule has 1 aromatic carbocycles. The summed E-state index contributed by atoms with van der Waals surface area (Å²) >= 11 is 0. The fourth-order valence-corrected chi connectivity index (χ4v) is 4.02. The van der Waals surface area contributed by atoms with Gasteiger partial charge in [0.2, 0.25) is 5.91 Å². The predicted octanol–water partition coefficient (Wildman–Crippen LogP) is 2.61. The molecule has 2 aliphatic heterocycles. The minimum Gasteiger partial charge on any atom is -0.435 e. The highest BCUT2D eigenvalue weighted by Gasteiger charge is 2.30. The van der Waals surface area contributed by atoms with Gasteiger partial charge in [-0.3, -0.25) is 14.7 Å². The molecule has 2 saturated heterocycles. The van der Waals surface area contributed by atoms with Crippen molar-refractivity contribution in [2.75, 3.05) is 46.3 Å². The lowest BCUT2D eigenvalue weighted by atomic mass is 10.2. The zero-order valence-electron chi connectivity index (χ0n) is 18.1. The molecule has 174 valence electrons. The van der Waals surface area contributed by atoms with Crippen LogP contribution in [-0.2, 0) is 11.3 Å². The lowest BCUT2D eigenvalue weighted by Gasteiger charge is -2.39. The van der Waals surface area contributed by atoms with Crippen molar-refractivity contribution in [3.8, 4) is 5.75 Å². The SMILES string of the molecule is CN=C(NCc1cccc(OC(F)F)c1)N1CCN(C(C)C(=O)N2CCCC2)CC1.I. The molecule has 1 N–H and O–H groups in total. The first-order chi connectivity index (χ1) is 14.5. The van der Waals surface area contributed by atoms with Crippen molar-refractivity contribution in [3.05, 3.63) is 29.8 Å². The molecule has 0 radical (unpaired) electrons. The van der Waals surface area contributed by atoms with Crippen LogP contribution in [-0.4, -0.2) is 85.5 Å².